The topological polar surface area (TPSA) is 78.9 Å². The van der Waals surface area contributed by atoms with Crippen molar-refractivity contribution in [2.24, 2.45) is 0 Å². The molecule has 366 valence electrons. The summed E-state index contributed by atoms with van der Waals surface area (Å²) < 4.78 is 16.7. The standard InChI is InChI=1S/C59H94O6/c1-4-7-10-13-16-19-22-25-27-28-29-30-32-35-38-41-44-47-50-53-59(62)65-56(54-63-57(60)51-48-45-42-39-36-33-24-21-18-15-12-9-6-3)55-64-58(61)52-49-46-43-40-37-34-31-26-23-20-17-14-11-8-5-2/h7-8,10-11,16-17,19-21,24-27,29-31,35,38,44,47,56H,4-6,9,12-15,18,22-23,28,32-34,36-37,39-43,45-46,48-55H2,1-3H3/b10-7-,11-8-,19-16-,20-17-,24-21-,27-25-,30-29-,31-26-,38-35-,47-44-/t56-/m0/s1. The molecule has 0 aromatic rings. The van der Waals surface area contributed by atoms with Crippen LogP contribution in [-0.2, 0) is 28.6 Å². The molecule has 0 N–H and O–H groups in total. The lowest BCUT2D eigenvalue weighted by molar-refractivity contribution is -0.166. The van der Waals surface area contributed by atoms with Gasteiger partial charge in [-0.1, -0.05) is 200 Å². The highest BCUT2D eigenvalue weighted by molar-refractivity contribution is 5.71. The second-order valence-electron chi connectivity index (χ2n) is 16.7. The summed E-state index contributed by atoms with van der Waals surface area (Å²) in [5.41, 5.74) is 0. The van der Waals surface area contributed by atoms with Crippen molar-refractivity contribution in [1.82, 2.24) is 0 Å². The minimum Gasteiger partial charge on any atom is -0.462 e. The Labute approximate surface area is 399 Å². The van der Waals surface area contributed by atoms with Crippen molar-refractivity contribution >= 4 is 17.9 Å². The molecule has 0 rings (SSSR count). The van der Waals surface area contributed by atoms with E-state index in [1.54, 1.807) is 0 Å². The molecule has 6 nitrogen and oxygen atoms in total. The van der Waals surface area contributed by atoms with Gasteiger partial charge in [-0.3, -0.25) is 14.4 Å². The van der Waals surface area contributed by atoms with Gasteiger partial charge < -0.3 is 14.2 Å². The van der Waals surface area contributed by atoms with E-state index in [1.807, 2.05) is 12.2 Å². The summed E-state index contributed by atoms with van der Waals surface area (Å²) in [6.07, 6.45) is 71.9. The van der Waals surface area contributed by atoms with Crippen LogP contribution in [0.2, 0.25) is 0 Å². The molecule has 0 radical (unpaired) electrons. The Morgan fingerprint density at radius 2 is 0.631 bits per heavy atom. The molecule has 0 bridgehead atoms. The van der Waals surface area contributed by atoms with Crippen LogP contribution in [0.15, 0.2) is 122 Å². The van der Waals surface area contributed by atoms with Gasteiger partial charge in [-0.15, -0.1) is 0 Å². The summed E-state index contributed by atoms with van der Waals surface area (Å²) in [5, 5.41) is 0. The third-order valence-corrected chi connectivity index (χ3v) is 10.4. The van der Waals surface area contributed by atoms with E-state index in [2.05, 4.69) is 130 Å². The number of esters is 3. The molecule has 0 aliphatic heterocycles. The molecule has 0 heterocycles. The SMILES string of the molecule is CC/C=C\C/C=C\C/C=C\C/C=C\C/C=C\C/C=C\CCC(=O)O[C@H](COC(=O)CCCCCCC/C=C\C/C=C\C/C=C\CC)COC(=O)CCCCCCC/C=C\CCCCCC. The van der Waals surface area contributed by atoms with Crippen LogP contribution in [-0.4, -0.2) is 37.2 Å². The lowest BCUT2D eigenvalue weighted by Gasteiger charge is -2.18. The smallest absolute Gasteiger partial charge is 0.306 e. The molecule has 0 saturated heterocycles. The second kappa shape index (κ2) is 52.4. The number of unbranched alkanes of at least 4 members (excludes halogenated alkanes) is 14. The summed E-state index contributed by atoms with van der Waals surface area (Å²) >= 11 is 0. The first-order valence-corrected chi connectivity index (χ1v) is 26.0. The van der Waals surface area contributed by atoms with Crippen molar-refractivity contribution in [2.45, 2.75) is 219 Å². The number of rotatable bonds is 45. The van der Waals surface area contributed by atoms with Crippen LogP contribution in [0.5, 0.6) is 0 Å². The predicted octanol–water partition coefficient (Wildman–Crippen LogP) is 17.3. The van der Waals surface area contributed by atoms with Gasteiger partial charge in [0.1, 0.15) is 13.2 Å². The van der Waals surface area contributed by atoms with Crippen LogP contribution in [0.25, 0.3) is 0 Å². The fourth-order valence-electron chi connectivity index (χ4n) is 6.59. The second-order valence-corrected chi connectivity index (χ2v) is 16.7. The van der Waals surface area contributed by atoms with Crippen molar-refractivity contribution in [2.75, 3.05) is 13.2 Å². The van der Waals surface area contributed by atoms with Gasteiger partial charge in [-0.25, -0.2) is 0 Å². The zero-order valence-electron chi connectivity index (χ0n) is 41.7. The van der Waals surface area contributed by atoms with Gasteiger partial charge in [0.2, 0.25) is 0 Å². The number of carbonyl (C=O) groups is 3. The van der Waals surface area contributed by atoms with E-state index < -0.39 is 12.1 Å². The van der Waals surface area contributed by atoms with Gasteiger partial charge in [-0.05, 0) is 116 Å². The minimum absolute atomic E-state index is 0.121. The van der Waals surface area contributed by atoms with E-state index in [-0.39, 0.29) is 31.6 Å². The van der Waals surface area contributed by atoms with Crippen molar-refractivity contribution < 1.29 is 28.6 Å². The van der Waals surface area contributed by atoms with Crippen LogP contribution in [0.4, 0.5) is 0 Å². The largest absolute Gasteiger partial charge is 0.462 e. The van der Waals surface area contributed by atoms with Crippen LogP contribution >= 0.6 is 0 Å². The highest BCUT2D eigenvalue weighted by Gasteiger charge is 2.19. The van der Waals surface area contributed by atoms with E-state index in [0.29, 0.717) is 19.3 Å². The molecule has 0 unspecified atom stereocenters. The Kier molecular flexibility index (Phi) is 49.1. The van der Waals surface area contributed by atoms with Gasteiger partial charge >= 0.3 is 17.9 Å². The molecule has 0 saturated carbocycles. The first-order valence-electron chi connectivity index (χ1n) is 26.0. The Morgan fingerprint density at radius 3 is 1.02 bits per heavy atom. The zero-order valence-corrected chi connectivity index (χ0v) is 41.7. The van der Waals surface area contributed by atoms with Crippen molar-refractivity contribution in [3.05, 3.63) is 122 Å². The van der Waals surface area contributed by atoms with Crippen molar-refractivity contribution in [1.29, 1.82) is 0 Å². The van der Waals surface area contributed by atoms with E-state index in [0.717, 1.165) is 128 Å². The number of hydrogen-bond donors (Lipinski definition) is 0. The maximum absolute atomic E-state index is 12.8. The molecule has 0 fully saturated rings. The quantitative estimate of drug-likeness (QED) is 0.0262. The molecule has 0 amide bonds. The monoisotopic (exact) mass is 899 g/mol. The number of ether oxygens (including phenoxy) is 3. The lowest BCUT2D eigenvalue weighted by Crippen LogP contribution is -2.30. The molecule has 0 aromatic heterocycles. The fourth-order valence-corrected chi connectivity index (χ4v) is 6.59. The molecule has 1 atom stereocenters. The average molecular weight is 899 g/mol. The first kappa shape index (κ1) is 60.8. The fraction of sp³-hybridized carbons (Fsp3) is 0.610. The van der Waals surface area contributed by atoms with Gasteiger partial charge in [0.05, 0.1) is 0 Å². The molecule has 0 aromatic carbocycles. The third kappa shape index (κ3) is 50.7. The zero-order chi connectivity index (χ0) is 47.2. The lowest BCUT2D eigenvalue weighted by atomic mass is 10.1. The highest BCUT2D eigenvalue weighted by Crippen LogP contribution is 2.12. The molecular formula is C59H94O6. The van der Waals surface area contributed by atoms with Crippen LogP contribution in [0, 0.1) is 0 Å². The number of carbonyl (C=O) groups excluding carboxylic acids is 3. The summed E-state index contributed by atoms with van der Waals surface area (Å²) in [5.74, 6) is -1.04. The summed E-state index contributed by atoms with van der Waals surface area (Å²) in [6, 6.07) is 0. The van der Waals surface area contributed by atoms with Crippen LogP contribution in [0.1, 0.15) is 213 Å². The van der Waals surface area contributed by atoms with Crippen LogP contribution < -0.4 is 0 Å². The van der Waals surface area contributed by atoms with Crippen LogP contribution in [0.3, 0.4) is 0 Å². The van der Waals surface area contributed by atoms with Crippen molar-refractivity contribution in [3.63, 3.8) is 0 Å². The van der Waals surface area contributed by atoms with Gasteiger partial charge in [0.15, 0.2) is 6.10 Å². The molecule has 65 heavy (non-hydrogen) atoms. The Hall–Kier alpha value is -4.19. The molecule has 6 heteroatoms. The van der Waals surface area contributed by atoms with E-state index >= 15 is 0 Å². The maximum Gasteiger partial charge on any atom is 0.306 e. The van der Waals surface area contributed by atoms with E-state index in [9.17, 15) is 14.4 Å². The average Bonchev–Trinajstić information content (AvgIpc) is 3.30. The molecule has 0 spiro atoms. The van der Waals surface area contributed by atoms with Gasteiger partial charge in [0, 0.05) is 19.3 Å². The highest BCUT2D eigenvalue weighted by atomic mass is 16.6. The summed E-state index contributed by atoms with van der Waals surface area (Å²) in [7, 11) is 0. The Morgan fingerprint density at radius 1 is 0.323 bits per heavy atom. The molecular weight excluding hydrogens is 805 g/mol. The number of hydrogen-bond acceptors (Lipinski definition) is 6. The molecule has 0 aliphatic rings. The summed E-state index contributed by atoms with van der Waals surface area (Å²) in [4.78, 5) is 38.0. The maximum atomic E-state index is 12.8. The first-order chi connectivity index (χ1) is 32.0. The van der Waals surface area contributed by atoms with Gasteiger partial charge in [-0.2, -0.15) is 0 Å². The summed E-state index contributed by atoms with van der Waals surface area (Å²) in [6.45, 7) is 6.29. The van der Waals surface area contributed by atoms with E-state index in [4.69, 9.17) is 14.2 Å². The Bertz CT molecular complexity index is 1400. The molecule has 0 aliphatic carbocycles. The minimum atomic E-state index is -0.832. The number of allylic oxidation sites excluding steroid dienone is 20. The van der Waals surface area contributed by atoms with E-state index in [1.165, 1.54) is 38.5 Å². The Balaban J connectivity index is 4.57. The predicted molar refractivity (Wildman–Crippen MR) is 279 cm³/mol. The van der Waals surface area contributed by atoms with Gasteiger partial charge in [0.25, 0.3) is 0 Å². The normalized spacial score (nSPS) is 13.1. The third-order valence-electron chi connectivity index (χ3n) is 10.4. The van der Waals surface area contributed by atoms with Crippen molar-refractivity contribution in [3.8, 4) is 0 Å².